The minimum Gasteiger partial charge on any atom is -0.463 e. The Labute approximate surface area is 114 Å². The Balaban J connectivity index is 1.80. The van der Waals surface area contributed by atoms with Crippen molar-refractivity contribution in [2.75, 3.05) is 0 Å². The van der Waals surface area contributed by atoms with Crippen LogP contribution in [0.5, 0.6) is 0 Å². The van der Waals surface area contributed by atoms with E-state index in [2.05, 4.69) is 13.0 Å². The van der Waals surface area contributed by atoms with E-state index in [0.29, 0.717) is 17.6 Å². The molecule has 3 unspecified atom stereocenters. The fourth-order valence-electron chi connectivity index (χ4n) is 3.33. The molecule has 0 bridgehead atoms. The molecule has 1 heterocycles. The Kier molecular flexibility index (Phi) is 3.14. The number of aliphatic hydroxyl groups is 1. The zero-order valence-electron chi connectivity index (χ0n) is 11.4. The number of nitriles is 1. The second-order valence-electron chi connectivity index (χ2n) is 6.29. The average Bonchev–Trinajstić information content (AvgIpc) is 2.99. The quantitative estimate of drug-likeness (QED) is 0.895. The number of hydrogen-bond acceptors (Lipinski definition) is 3. The third-order valence-electron chi connectivity index (χ3n) is 4.88. The van der Waals surface area contributed by atoms with Crippen LogP contribution in [0.4, 0.5) is 0 Å². The van der Waals surface area contributed by atoms with Crippen molar-refractivity contribution in [2.45, 2.75) is 57.5 Å². The second kappa shape index (κ2) is 4.68. The highest BCUT2D eigenvalue weighted by Gasteiger charge is 2.43. The van der Waals surface area contributed by atoms with E-state index in [1.165, 1.54) is 12.8 Å². The minimum absolute atomic E-state index is 0.519. The Bertz CT molecular complexity index is 493. The highest BCUT2D eigenvalue weighted by Crippen LogP contribution is 2.50. The van der Waals surface area contributed by atoms with Gasteiger partial charge in [0.05, 0.1) is 11.5 Å². The molecule has 1 aromatic rings. The molecule has 3 atom stereocenters. The summed E-state index contributed by atoms with van der Waals surface area (Å²) in [6.45, 7) is 2.21. The van der Waals surface area contributed by atoms with Crippen molar-refractivity contribution in [3.63, 3.8) is 0 Å². The van der Waals surface area contributed by atoms with Crippen LogP contribution < -0.4 is 0 Å². The molecular weight excluding hydrogens is 238 g/mol. The van der Waals surface area contributed by atoms with Crippen LogP contribution in [0.25, 0.3) is 0 Å². The molecule has 1 aromatic heterocycles. The van der Waals surface area contributed by atoms with Gasteiger partial charge in [0, 0.05) is 5.92 Å². The van der Waals surface area contributed by atoms with Crippen LogP contribution in [-0.2, 0) is 0 Å². The van der Waals surface area contributed by atoms with E-state index in [1.54, 1.807) is 0 Å². The van der Waals surface area contributed by atoms with E-state index in [9.17, 15) is 10.4 Å². The van der Waals surface area contributed by atoms with Crippen LogP contribution in [0, 0.1) is 22.7 Å². The summed E-state index contributed by atoms with van der Waals surface area (Å²) in [6, 6.07) is 6.20. The first-order valence-corrected chi connectivity index (χ1v) is 7.35. The molecule has 2 aliphatic rings. The van der Waals surface area contributed by atoms with Gasteiger partial charge in [0.15, 0.2) is 0 Å². The molecule has 2 aliphatic carbocycles. The number of nitrogens with zero attached hydrogens (tertiary/aromatic N) is 1. The van der Waals surface area contributed by atoms with Gasteiger partial charge in [-0.25, -0.2) is 0 Å². The van der Waals surface area contributed by atoms with Crippen molar-refractivity contribution in [1.29, 1.82) is 5.26 Å². The van der Waals surface area contributed by atoms with Crippen LogP contribution in [0.1, 0.15) is 69.0 Å². The highest BCUT2D eigenvalue weighted by atomic mass is 16.4. The van der Waals surface area contributed by atoms with Gasteiger partial charge < -0.3 is 9.52 Å². The van der Waals surface area contributed by atoms with Crippen LogP contribution in [0.2, 0.25) is 0 Å². The lowest BCUT2D eigenvalue weighted by molar-refractivity contribution is 0.0190. The van der Waals surface area contributed by atoms with Crippen molar-refractivity contribution < 1.29 is 9.52 Å². The van der Waals surface area contributed by atoms with E-state index in [1.807, 2.05) is 12.1 Å². The molecule has 102 valence electrons. The standard InChI is InChI=1S/C16H21NO2/c1-11-9-12(11)13-5-6-14(19-13)15(18)16(10-17)7-3-2-4-8-16/h5-6,11-12,15,18H,2-4,7-9H2,1H3. The summed E-state index contributed by atoms with van der Waals surface area (Å²) in [4.78, 5) is 0. The first kappa shape index (κ1) is 12.7. The Morgan fingerprint density at radius 1 is 1.37 bits per heavy atom. The largest absolute Gasteiger partial charge is 0.463 e. The molecule has 3 heteroatoms. The number of rotatable bonds is 3. The summed E-state index contributed by atoms with van der Waals surface area (Å²) in [5.74, 6) is 2.77. The molecule has 3 nitrogen and oxygen atoms in total. The summed E-state index contributed by atoms with van der Waals surface area (Å²) in [5, 5.41) is 20.1. The zero-order chi connectivity index (χ0) is 13.5. The maximum atomic E-state index is 10.6. The van der Waals surface area contributed by atoms with Gasteiger partial charge in [-0.15, -0.1) is 0 Å². The lowest BCUT2D eigenvalue weighted by Crippen LogP contribution is -2.29. The monoisotopic (exact) mass is 259 g/mol. The first-order valence-electron chi connectivity index (χ1n) is 7.35. The summed E-state index contributed by atoms with van der Waals surface area (Å²) in [5.41, 5.74) is -0.636. The summed E-state index contributed by atoms with van der Waals surface area (Å²) < 4.78 is 5.82. The Morgan fingerprint density at radius 2 is 2.05 bits per heavy atom. The van der Waals surface area contributed by atoms with Crippen molar-refractivity contribution in [1.82, 2.24) is 0 Å². The number of aliphatic hydroxyl groups excluding tert-OH is 1. The number of furan rings is 1. The van der Waals surface area contributed by atoms with Gasteiger partial charge in [-0.2, -0.15) is 5.26 Å². The maximum absolute atomic E-state index is 10.6. The first-order chi connectivity index (χ1) is 9.16. The van der Waals surface area contributed by atoms with Crippen molar-refractivity contribution in [3.8, 4) is 6.07 Å². The fraction of sp³-hybridized carbons (Fsp3) is 0.688. The van der Waals surface area contributed by atoms with Crippen molar-refractivity contribution >= 4 is 0 Å². The van der Waals surface area contributed by atoms with Gasteiger partial charge in [0.25, 0.3) is 0 Å². The third-order valence-corrected chi connectivity index (χ3v) is 4.88. The smallest absolute Gasteiger partial charge is 0.134 e. The van der Waals surface area contributed by atoms with Gasteiger partial charge in [-0.05, 0) is 37.3 Å². The molecule has 0 spiro atoms. The van der Waals surface area contributed by atoms with Gasteiger partial charge in [0.2, 0.25) is 0 Å². The van der Waals surface area contributed by atoms with Gasteiger partial charge >= 0.3 is 0 Å². The number of hydrogen-bond donors (Lipinski definition) is 1. The van der Waals surface area contributed by atoms with E-state index in [0.717, 1.165) is 31.4 Å². The second-order valence-corrected chi connectivity index (χ2v) is 6.29. The molecule has 0 aliphatic heterocycles. The van der Waals surface area contributed by atoms with E-state index < -0.39 is 11.5 Å². The van der Waals surface area contributed by atoms with Gasteiger partial charge in [-0.3, -0.25) is 0 Å². The summed E-state index contributed by atoms with van der Waals surface area (Å²) >= 11 is 0. The van der Waals surface area contributed by atoms with Crippen LogP contribution in [0.3, 0.4) is 0 Å². The van der Waals surface area contributed by atoms with Gasteiger partial charge in [-0.1, -0.05) is 26.2 Å². The molecule has 19 heavy (non-hydrogen) atoms. The van der Waals surface area contributed by atoms with Crippen LogP contribution in [0.15, 0.2) is 16.5 Å². The predicted octanol–water partition coefficient (Wildman–Crippen LogP) is 3.91. The molecule has 3 rings (SSSR count). The summed E-state index contributed by atoms with van der Waals surface area (Å²) in [6.07, 6.45) is 5.17. The molecule has 0 amide bonds. The SMILES string of the molecule is CC1CC1c1ccc(C(O)C2(C#N)CCCCC2)o1. The maximum Gasteiger partial charge on any atom is 0.134 e. The Hall–Kier alpha value is -1.27. The molecule has 0 saturated heterocycles. The van der Waals surface area contributed by atoms with Crippen molar-refractivity contribution in [2.24, 2.45) is 11.3 Å². The van der Waals surface area contributed by atoms with Crippen molar-refractivity contribution in [3.05, 3.63) is 23.7 Å². The molecule has 2 fully saturated rings. The minimum atomic E-state index is -0.777. The molecule has 2 saturated carbocycles. The third kappa shape index (κ3) is 2.19. The molecular formula is C16H21NO2. The van der Waals surface area contributed by atoms with Crippen LogP contribution >= 0.6 is 0 Å². The molecule has 1 N–H and O–H groups in total. The van der Waals surface area contributed by atoms with E-state index >= 15 is 0 Å². The molecule has 0 aromatic carbocycles. The Morgan fingerprint density at radius 3 is 2.63 bits per heavy atom. The lowest BCUT2D eigenvalue weighted by Gasteiger charge is -2.33. The normalized spacial score (nSPS) is 30.6. The topological polar surface area (TPSA) is 57.2 Å². The highest BCUT2D eigenvalue weighted by molar-refractivity contribution is 5.21. The predicted molar refractivity (Wildman–Crippen MR) is 71.3 cm³/mol. The average molecular weight is 259 g/mol. The van der Waals surface area contributed by atoms with E-state index in [-0.39, 0.29) is 0 Å². The fourth-order valence-corrected chi connectivity index (χ4v) is 3.33. The zero-order valence-corrected chi connectivity index (χ0v) is 11.4. The van der Waals surface area contributed by atoms with Crippen LogP contribution in [-0.4, -0.2) is 5.11 Å². The lowest BCUT2D eigenvalue weighted by atomic mass is 9.70. The van der Waals surface area contributed by atoms with Gasteiger partial charge in [0.1, 0.15) is 17.6 Å². The molecule has 0 radical (unpaired) electrons. The van der Waals surface area contributed by atoms with E-state index in [4.69, 9.17) is 4.42 Å². The summed E-state index contributed by atoms with van der Waals surface area (Å²) in [7, 11) is 0.